The first kappa shape index (κ1) is 19.8. The number of hydrogen-bond donors (Lipinski definition) is 3. The van der Waals surface area contributed by atoms with Gasteiger partial charge < -0.3 is 24.8 Å². The third-order valence-electron chi connectivity index (χ3n) is 5.60. The molecule has 0 amide bonds. The van der Waals surface area contributed by atoms with Crippen LogP contribution in [-0.4, -0.2) is 52.1 Å². The van der Waals surface area contributed by atoms with Gasteiger partial charge in [0.1, 0.15) is 6.10 Å². The molecule has 132 valence electrons. The molecule has 5 atom stereocenters. The van der Waals surface area contributed by atoms with Gasteiger partial charge in [0.25, 0.3) is 0 Å². The van der Waals surface area contributed by atoms with Gasteiger partial charge in [0.2, 0.25) is 0 Å². The zero-order chi connectivity index (χ0) is 17.1. The Labute approximate surface area is 134 Å². The van der Waals surface area contributed by atoms with E-state index in [1.807, 2.05) is 41.5 Å². The summed E-state index contributed by atoms with van der Waals surface area (Å²) in [5, 5.41) is 30.7. The van der Waals surface area contributed by atoms with E-state index in [1.54, 1.807) is 0 Å². The van der Waals surface area contributed by atoms with Crippen molar-refractivity contribution in [3.05, 3.63) is 0 Å². The monoisotopic (exact) mass is 318 g/mol. The third kappa shape index (κ3) is 4.01. The molecule has 5 heteroatoms. The molecule has 1 aliphatic heterocycles. The average molecular weight is 318 g/mol. The lowest BCUT2D eigenvalue weighted by molar-refractivity contribution is -0.327. The van der Waals surface area contributed by atoms with Crippen LogP contribution in [0.1, 0.15) is 60.8 Å². The molecule has 1 saturated heterocycles. The molecule has 1 heterocycles. The van der Waals surface area contributed by atoms with Crippen LogP contribution in [0.15, 0.2) is 0 Å². The molecule has 0 saturated carbocycles. The topological polar surface area (TPSA) is 79.2 Å². The second-order valence-electron chi connectivity index (χ2n) is 7.35. The summed E-state index contributed by atoms with van der Waals surface area (Å²) in [4.78, 5) is 0. The van der Waals surface area contributed by atoms with Crippen LogP contribution in [0, 0.1) is 11.3 Å². The number of aliphatic hydroxyl groups excluding tert-OH is 3. The summed E-state index contributed by atoms with van der Waals surface area (Å²) in [5.74, 6) is -0.341. The van der Waals surface area contributed by atoms with E-state index in [4.69, 9.17) is 9.47 Å². The van der Waals surface area contributed by atoms with Crippen molar-refractivity contribution < 1.29 is 24.8 Å². The Balaban J connectivity index is 2.97. The van der Waals surface area contributed by atoms with E-state index in [9.17, 15) is 15.3 Å². The lowest BCUT2D eigenvalue weighted by Gasteiger charge is -2.49. The Hall–Kier alpha value is -0.200. The van der Waals surface area contributed by atoms with Crippen LogP contribution in [0.3, 0.4) is 0 Å². The summed E-state index contributed by atoms with van der Waals surface area (Å²) in [6, 6.07) is 0. The standard InChI is InChI=1S/C17H34O5/c1-7-16(4,5)12-11(10-18)21-15(14(20)13(12)19)22-17(6,8-2)9-3/h11-15,18-20H,7-10H2,1-6H3. The summed E-state index contributed by atoms with van der Waals surface area (Å²) in [6.45, 7) is 11.9. The number of hydrogen-bond acceptors (Lipinski definition) is 5. The summed E-state index contributed by atoms with van der Waals surface area (Å²) >= 11 is 0. The van der Waals surface area contributed by atoms with Crippen molar-refractivity contribution in [1.29, 1.82) is 0 Å². The maximum absolute atomic E-state index is 10.6. The largest absolute Gasteiger partial charge is 0.394 e. The van der Waals surface area contributed by atoms with Gasteiger partial charge in [-0.1, -0.05) is 41.0 Å². The Morgan fingerprint density at radius 3 is 1.91 bits per heavy atom. The molecule has 3 N–H and O–H groups in total. The summed E-state index contributed by atoms with van der Waals surface area (Å²) in [5.41, 5.74) is -0.671. The molecule has 1 aliphatic rings. The number of ether oxygens (including phenoxy) is 2. The van der Waals surface area contributed by atoms with E-state index in [0.29, 0.717) is 0 Å². The highest BCUT2D eigenvalue weighted by molar-refractivity contribution is 4.96. The lowest BCUT2D eigenvalue weighted by atomic mass is 9.68. The molecule has 0 aliphatic carbocycles. The predicted octanol–water partition coefficient (Wildman–Crippen LogP) is 2.07. The van der Waals surface area contributed by atoms with Crippen LogP contribution in [0.2, 0.25) is 0 Å². The van der Waals surface area contributed by atoms with E-state index < -0.39 is 30.2 Å². The van der Waals surface area contributed by atoms with E-state index in [2.05, 4.69) is 0 Å². The highest BCUT2D eigenvalue weighted by Gasteiger charge is 2.51. The molecule has 1 fully saturated rings. The zero-order valence-corrected chi connectivity index (χ0v) is 14.9. The van der Waals surface area contributed by atoms with Gasteiger partial charge in [-0.15, -0.1) is 0 Å². The minimum Gasteiger partial charge on any atom is -0.394 e. The van der Waals surface area contributed by atoms with Crippen molar-refractivity contribution in [3.8, 4) is 0 Å². The fourth-order valence-electron chi connectivity index (χ4n) is 3.08. The van der Waals surface area contributed by atoms with Crippen LogP contribution in [0.25, 0.3) is 0 Å². The molecule has 1 rings (SSSR count). The molecule has 0 radical (unpaired) electrons. The van der Waals surface area contributed by atoms with E-state index in [-0.39, 0.29) is 17.9 Å². The second kappa shape index (κ2) is 7.58. The molecule has 5 unspecified atom stereocenters. The fourth-order valence-corrected chi connectivity index (χ4v) is 3.08. The second-order valence-corrected chi connectivity index (χ2v) is 7.35. The summed E-state index contributed by atoms with van der Waals surface area (Å²) in [7, 11) is 0. The molecule has 0 aromatic rings. The van der Waals surface area contributed by atoms with Crippen molar-refractivity contribution in [1.82, 2.24) is 0 Å². The quantitative estimate of drug-likeness (QED) is 0.670. The van der Waals surface area contributed by atoms with Gasteiger partial charge in [-0.3, -0.25) is 0 Å². The smallest absolute Gasteiger partial charge is 0.187 e. The van der Waals surface area contributed by atoms with Crippen LogP contribution in [0.4, 0.5) is 0 Å². The van der Waals surface area contributed by atoms with Crippen LogP contribution < -0.4 is 0 Å². The van der Waals surface area contributed by atoms with Gasteiger partial charge in [-0.05, 0) is 25.2 Å². The van der Waals surface area contributed by atoms with Gasteiger partial charge in [0.15, 0.2) is 6.29 Å². The number of rotatable bonds is 7. The van der Waals surface area contributed by atoms with Crippen LogP contribution >= 0.6 is 0 Å². The van der Waals surface area contributed by atoms with E-state index in [1.165, 1.54) is 0 Å². The Bertz CT molecular complexity index is 338. The van der Waals surface area contributed by atoms with Crippen molar-refractivity contribution in [2.24, 2.45) is 11.3 Å². The lowest BCUT2D eigenvalue weighted by Crippen LogP contribution is -2.61. The van der Waals surface area contributed by atoms with E-state index in [0.717, 1.165) is 19.3 Å². The molecular formula is C17H34O5. The first-order valence-corrected chi connectivity index (χ1v) is 8.46. The SMILES string of the molecule is CCC(C)(CC)OC1OC(CO)C(C(C)(C)CC)C(O)C1O. The molecule has 22 heavy (non-hydrogen) atoms. The third-order valence-corrected chi connectivity index (χ3v) is 5.60. The Morgan fingerprint density at radius 1 is 0.955 bits per heavy atom. The zero-order valence-electron chi connectivity index (χ0n) is 14.9. The van der Waals surface area contributed by atoms with Gasteiger partial charge in [0.05, 0.1) is 24.4 Å². The van der Waals surface area contributed by atoms with Crippen LogP contribution in [-0.2, 0) is 9.47 Å². The first-order chi connectivity index (χ1) is 10.2. The van der Waals surface area contributed by atoms with Gasteiger partial charge in [0, 0.05) is 5.92 Å². The minimum atomic E-state index is -1.11. The van der Waals surface area contributed by atoms with Gasteiger partial charge in [-0.25, -0.2) is 0 Å². The maximum Gasteiger partial charge on any atom is 0.187 e. The Kier molecular flexibility index (Phi) is 6.84. The highest BCUT2D eigenvalue weighted by Crippen LogP contribution is 2.42. The minimum absolute atomic E-state index is 0.202. The normalized spacial score (nSPS) is 34.0. The van der Waals surface area contributed by atoms with Gasteiger partial charge >= 0.3 is 0 Å². The van der Waals surface area contributed by atoms with E-state index >= 15 is 0 Å². The predicted molar refractivity (Wildman–Crippen MR) is 85.4 cm³/mol. The average Bonchev–Trinajstić information content (AvgIpc) is 2.50. The van der Waals surface area contributed by atoms with Crippen molar-refractivity contribution in [2.75, 3.05) is 6.61 Å². The highest BCUT2D eigenvalue weighted by atomic mass is 16.7. The van der Waals surface area contributed by atoms with Crippen molar-refractivity contribution in [2.45, 2.75) is 91.0 Å². The summed E-state index contributed by atoms with van der Waals surface area (Å²) in [6.07, 6.45) is -1.19. The molecule has 0 spiro atoms. The molecule has 0 aromatic carbocycles. The van der Waals surface area contributed by atoms with Gasteiger partial charge in [-0.2, -0.15) is 0 Å². The summed E-state index contributed by atoms with van der Waals surface area (Å²) < 4.78 is 11.8. The van der Waals surface area contributed by atoms with Crippen molar-refractivity contribution >= 4 is 0 Å². The molecule has 0 bridgehead atoms. The number of aliphatic hydroxyl groups is 3. The van der Waals surface area contributed by atoms with Crippen molar-refractivity contribution in [3.63, 3.8) is 0 Å². The molecular weight excluding hydrogens is 284 g/mol. The van der Waals surface area contributed by atoms with Crippen LogP contribution in [0.5, 0.6) is 0 Å². The molecule has 5 nitrogen and oxygen atoms in total. The Morgan fingerprint density at radius 2 is 1.50 bits per heavy atom. The maximum atomic E-state index is 10.6. The first-order valence-electron chi connectivity index (χ1n) is 8.46. The molecule has 0 aromatic heterocycles. The fraction of sp³-hybridized carbons (Fsp3) is 1.00.